The van der Waals surface area contributed by atoms with Crippen LogP contribution in [0.4, 0.5) is 5.13 Å². The van der Waals surface area contributed by atoms with Crippen LogP contribution in [0, 0.1) is 5.92 Å². The number of aromatic nitrogens is 1. The van der Waals surface area contributed by atoms with E-state index in [0.717, 1.165) is 5.56 Å². The van der Waals surface area contributed by atoms with Crippen molar-refractivity contribution in [2.24, 2.45) is 5.92 Å². The van der Waals surface area contributed by atoms with E-state index in [1.165, 1.54) is 22.3 Å². The fraction of sp³-hybridized carbons (Fsp3) is 0.308. The molecule has 0 unspecified atom stereocenters. The first-order chi connectivity index (χ1) is 17.1. The van der Waals surface area contributed by atoms with Crippen molar-refractivity contribution in [3.05, 3.63) is 80.8 Å². The SMILES string of the molecule is CC(C)CN(CC(=O)Nc1nc(CC(=O)N[C@@H](C)c2ccccc2)cs1)C(=O)c1ccc(Cl)cc1Cl. The minimum Gasteiger partial charge on any atom is -0.349 e. The number of carbonyl (C=O) groups excluding carboxylic acids is 3. The molecule has 0 saturated heterocycles. The lowest BCUT2D eigenvalue weighted by Crippen LogP contribution is -2.40. The van der Waals surface area contributed by atoms with Gasteiger partial charge in [-0.3, -0.25) is 14.4 Å². The molecule has 36 heavy (non-hydrogen) atoms. The fourth-order valence-electron chi connectivity index (χ4n) is 3.55. The van der Waals surface area contributed by atoms with Crippen LogP contribution < -0.4 is 10.6 Å². The number of nitrogens with one attached hydrogen (secondary N) is 2. The summed E-state index contributed by atoms with van der Waals surface area (Å²) in [7, 11) is 0. The monoisotopic (exact) mass is 546 g/mol. The Kier molecular flexibility index (Phi) is 9.87. The minimum atomic E-state index is -0.392. The third kappa shape index (κ3) is 8.05. The van der Waals surface area contributed by atoms with Crippen molar-refractivity contribution in [3.63, 3.8) is 0 Å². The Hall–Kier alpha value is -2.94. The van der Waals surface area contributed by atoms with E-state index in [-0.39, 0.29) is 47.3 Å². The predicted molar refractivity (Wildman–Crippen MR) is 145 cm³/mol. The zero-order chi connectivity index (χ0) is 26.2. The number of amides is 3. The summed E-state index contributed by atoms with van der Waals surface area (Å²) >= 11 is 13.4. The molecule has 0 aliphatic heterocycles. The smallest absolute Gasteiger partial charge is 0.255 e. The molecule has 3 rings (SSSR count). The van der Waals surface area contributed by atoms with Gasteiger partial charge in [0.15, 0.2) is 5.13 Å². The molecule has 2 aromatic carbocycles. The molecule has 7 nitrogen and oxygen atoms in total. The van der Waals surface area contributed by atoms with Gasteiger partial charge in [0, 0.05) is 16.9 Å². The molecule has 0 aliphatic rings. The molecule has 0 saturated carbocycles. The number of benzene rings is 2. The van der Waals surface area contributed by atoms with Crippen LogP contribution in [0.5, 0.6) is 0 Å². The fourth-order valence-corrected chi connectivity index (χ4v) is 4.77. The van der Waals surface area contributed by atoms with Gasteiger partial charge in [0.1, 0.15) is 6.54 Å². The van der Waals surface area contributed by atoms with Crippen molar-refractivity contribution < 1.29 is 14.4 Å². The Morgan fingerprint density at radius 2 is 1.75 bits per heavy atom. The first-order valence-corrected chi connectivity index (χ1v) is 13.1. The maximum atomic E-state index is 13.1. The van der Waals surface area contributed by atoms with Crippen LogP contribution in [-0.2, 0) is 16.0 Å². The van der Waals surface area contributed by atoms with Gasteiger partial charge in [0.05, 0.1) is 28.7 Å². The summed E-state index contributed by atoms with van der Waals surface area (Å²) < 4.78 is 0. The van der Waals surface area contributed by atoms with Crippen LogP contribution in [0.1, 0.15) is 48.4 Å². The molecule has 0 fully saturated rings. The number of rotatable bonds is 10. The average Bonchev–Trinajstić information content (AvgIpc) is 3.24. The second-order valence-corrected chi connectivity index (χ2v) is 10.5. The number of carbonyl (C=O) groups is 3. The number of anilines is 1. The minimum absolute atomic E-state index is 0.0938. The second kappa shape index (κ2) is 12.9. The van der Waals surface area contributed by atoms with Crippen molar-refractivity contribution in [2.45, 2.75) is 33.2 Å². The quantitative estimate of drug-likeness (QED) is 0.346. The topological polar surface area (TPSA) is 91.4 Å². The normalized spacial score (nSPS) is 11.7. The largest absolute Gasteiger partial charge is 0.349 e. The van der Waals surface area contributed by atoms with Crippen LogP contribution in [0.3, 0.4) is 0 Å². The van der Waals surface area contributed by atoms with E-state index in [9.17, 15) is 14.4 Å². The molecule has 1 heterocycles. The number of hydrogen-bond acceptors (Lipinski definition) is 5. The molecule has 1 aromatic heterocycles. The first kappa shape index (κ1) is 27.6. The molecule has 3 aromatic rings. The van der Waals surface area contributed by atoms with Crippen LogP contribution in [0.15, 0.2) is 53.9 Å². The lowest BCUT2D eigenvalue weighted by Gasteiger charge is -2.24. The van der Waals surface area contributed by atoms with Crippen molar-refractivity contribution in [1.82, 2.24) is 15.2 Å². The number of hydrogen-bond donors (Lipinski definition) is 2. The Balaban J connectivity index is 1.58. The van der Waals surface area contributed by atoms with Gasteiger partial charge >= 0.3 is 0 Å². The highest BCUT2D eigenvalue weighted by atomic mass is 35.5. The highest BCUT2D eigenvalue weighted by Crippen LogP contribution is 2.23. The van der Waals surface area contributed by atoms with Crippen LogP contribution in [0.2, 0.25) is 10.0 Å². The number of halogens is 2. The van der Waals surface area contributed by atoms with Gasteiger partial charge in [-0.1, -0.05) is 67.4 Å². The first-order valence-electron chi connectivity index (χ1n) is 11.4. The van der Waals surface area contributed by atoms with Gasteiger partial charge in [-0.2, -0.15) is 0 Å². The van der Waals surface area contributed by atoms with E-state index in [1.807, 2.05) is 51.1 Å². The van der Waals surface area contributed by atoms with Crippen molar-refractivity contribution in [1.29, 1.82) is 0 Å². The van der Waals surface area contributed by atoms with Gasteiger partial charge in [0.25, 0.3) is 5.91 Å². The Morgan fingerprint density at radius 3 is 2.42 bits per heavy atom. The van der Waals surface area contributed by atoms with Crippen molar-refractivity contribution in [2.75, 3.05) is 18.4 Å². The van der Waals surface area contributed by atoms with Gasteiger partial charge in [-0.05, 0) is 36.6 Å². The Bertz CT molecular complexity index is 1220. The van der Waals surface area contributed by atoms with E-state index in [0.29, 0.717) is 22.4 Å². The standard InChI is InChI=1S/C26H28Cl2N4O3S/c1-16(2)13-32(25(35)21-10-9-19(27)11-22(21)28)14-24(34)31-26-30-20(15-36-26)12-23(33)29-17(3)18-7-5-4-6-8-18/h4-11,15-17H,12-14H2,1-3H3,(H,29,33)(H,30,31,34)/t17-/m0/s1. The molecule has 2 N–H and O–H groups in total. The number of nitrogens with zero attached hydrogens (tertiary/aromatic N) is 2. The molecule has 1 atom stereocenters. The lowest BCUT2D eigenvalue weighted by atomic mass is 10.1. The van der Waals surface area contributed by atoms with Gasteiger partial charge < -0.3 is 15.5 Å². The van der Waals surface area contributed by atoms with E-state index in [2.05, 4.69) is 15.6 Å². The molecule has 0 spiro atoms. The zero-order valence-corrected chi connectivity index (χ0v) is 22.6. The van der Waals surface area contributed by atoms with Crippen LogP contribution in [0.25, 0.3) is 0 Å². The summed E-state index contributed by atoms with van der Waals surface area (Å²) in [5.74, 6) is -0.777. The summed E-state index contributed by atoms with van der Waals surface area (Å²) in [6, 6.07) is 14.2. The zero-order valence-electron chi connectivity index (χ0n) is 20.3. The maximum absolute atomic E-state index is 13.1. The van der Waals surface area contributed by atoms with Gasteiger partial charge in [-0.15, -0.1) is 11.3 Å². The van der Waals surface area contributed by atoms with Gasteiger partial charge in [0.2, 0.25) is 11.8 Å². The highest BCUT2D eigenvalue weighted by molar-refractivity contribution is 7.13. The maximum Gasteiger partial charge on any atom is 0.255 e. The lowest BCUT2D eigenvalue weighted by molar-refractivity contribution is -0.121. The third-order valence-electron chi connectivity index (χ3n) is 5.19. The van der Waals surface area contributed by atoms with E-state index >= 15 is 0 Å². The third-order valence-corrected chi connectivity index (χ3v) is 6.54. The van der Waals surface area contributed by atoms with Crippen molar-refractivity contribution >= 4 is 57.4 Å². The average molecular weight is 548 g/mol. The van der Waals surface area contributed by atoms with E-state index in [1.54, 1.807) is 17.5 Å². The molecule has 0 radical (unpaired) electrons. The highest BCUT2D eigenvalue weighted by Gasteiger charge is 2.23. The van der Waals surface area contributed by atoms with Crippen molar-refractivity contribution in [3.8, 4) is 0 Å². The molecular weight excluding hydrogens is 519 g/mol. The Labute approximate surface area is 224 Å². The molecule has 190 valence electrons. The Morgan fingerprint density at radius 1 is 1.03 bits per heavy atom. The molecule has 10 heteroatoms. The van der Waals surface area contributed by atoms with E-state index in [4.69, 9.17) is 23.2 Å². The molecule has 3 amide bonds. The van der Waals surface area contributed by atoms with Crippen LogP contribution >= 0.6 is 34.5 Å². The second-order valence-electron chi connectivity index (χ2n) is 8.77. The summed E-state index contributed by atoms with van der Waals surface area (Å²) in [5.41, 5.74) is 1.84. The summed E-state index contributed by atoms with van der Waals surface area (Å²) in [5, 5.41) is 8.42. The summed E-state index contributed by atoms with van der Waals surface area (Å²) in [4.78, 5) is 44.1. The van der Waals surface area contributed by atoms with E-state index < -0.39 is 5.91 Å². The predicted octanol–water partition coefficient (Wildman–Crippen LogP) is 5.61. The number of thiazole rings is 1. The van der Waals surface area contributed by atoms with Gasteiger partial charge in [-0.25, -0.2) is 4.98 Å². The molecule has 0 bridgehead atoms. The molecule has 0 aliphatic carbocycles. The summed E-state index contributed by atoms with van der Waals surface area (Å²) in [6.45, 7) is 6.03. The summed E-state index contributed by atoms with van der Waals surface area (Å²) in [6.07, 6.45) is 0.0938. The molecular formula is C26H28Cl2N4O3S. The van der Waals surface area contributed by atoms with Crippen LogP contribution in [-0.4, -0.2) is 40.7 Å².